The average molecular weight is 660 g/mol. The molecule has 0 fully saturated rings. The van der Waals surface area contributed by atoms with Crippen molar-refractivity contribution in [2.75, 3.05) is 18.1 Å². The van der Waals surface area contributed by atoms with E-state index in [1.807, 2.05) is 0 Å². The molecule has 1 aliphatic rings. The molecule has 3 heterocycles. The number of rotatable bonds is 9. The highest BCUT2D eigenvalue weighted by atomic mass is 35.5. The normalized spacial score (nSPS) is 12.9. The smallest absolute Gasteiger partial charge is 0.343 e. The number of carbonyl (C=O) groups excluding carboxylic acids is 6. The molecule has 2 aromatic heterocycles. The van der Waals surface area contributed by atoms with Gasteiger partial charge in [-0.3, -0.25) is 19.2 Å². The molecule has 44 heavy (non-hydrogen) atoms. The lowest BCUT2D eigenvalue weighted by Gasteiger charge is -2.15. The predicted octanol–water partition coefficient (Wildman–Crippen LogP) is 5.77. The van der Waals surface area contributed by atoms with Gasteiger partial charge in [0.05, 0.1) is 39.8 Å². The Hall–Kier alpha value is -4.33. The van der Waals surface area contributed by atoms with Gasteiger partial charge >= 0.3 is 23.9 Å². The Labute approximate surface area is 264 Å². The van der Waals surface area contributed by atoms with Crippen molar-refractivity contribution in [2.24, 2.45) is 0 Å². The number of carbonyl (C=O) groups is 6. The van der Waals surface area contributed by atoms with Gasteiger partial charge in [-0.05, 0) is 52.0 Å². The highest BCUT2D eigenvalue weighted by molar-refractivity contribution is 7.16. The summed E-state index contributed by atoms with van der Waals surface area (Å²) >= 11 is 7.91. The van der Waals surface area contributed by atoms with Crippen molar-refractivity contribution in [2.45, 2.75) is 41.5 Å². The first-order chi connectivity index (χ1) is 20.8. The summed E-state index contributed by atoms with van der Waals surface area (Å²) in [7, 11) is 0. The molecule has 1 aliphatic heterocycles. The molecule has 0 N–H and O–H groups in total. The van der Waals surface area contributed by atoms with Crippen molar-refractivity contribution in [3.8, 4) is 11.5 Å². The zero-order valence-electron chi connectivity index (χ0n) is 24.4. The Morgan fingerprint density at radius 2 is 1.11 bits per heavy atom. The van der Waals surface area contributed by atoms with Crippen LogP contribution in [0.3, 0.4) is 0 Å². The van der Waals surface area contributed by atoms with Crippen molar-refractivity contribution in [1.29, 1.82) is 0 Å². The van der Waals surface area contributed by atoms with Gasteiger partial charge in [0, 0.05) is 28.6 Å². The third-order valence-corrected chi connectivity index (χ3v) is 8.61. The number of thiophene rings is 2. The second-order valence-electron chi connectivity index (χ2n) is 9.18. The van der Waals surface area contributed by atoms with Crippen LogP contribution < -0.4 is 14.4 Å². The van der Waals surface area contributed by atoms with Crippen LogP contribution in [-0.4, -0.2) is 48.9 Å². The standard InChI is InChI=1S/C30H26ClNO10S2/c1-7-39-29(37)19-13(3)43-25(23(19)41-15(5)33)21-22(28(36)32(27(21)35)18-11-9-17(31)10-12-18)26-24(42-16(6)34)20(14(4)44-26)30(38)40-8-2/h9-12H,7-8H2,1-6H3. The molecule has 0 saturated carbocycles. The first-order valence-corrected chi connectivity index (χ1v) is 15.2. The zero-order chi connectivity index (χ0) is 32.5. The van der Waals surface area contributed by atoms with Gasteiger partial charge in [-0.2, -0.15) is 0 Å². The summed E-state index contributed by atoms with van der Waals surface area (Å²) in [6.07, 6.45) is 0. The largest absolute Gasteiger partial charge is 0.462 e. The van der Waals surface area contributed by atoms with Crippen LogP contribution in [0.25, 0.3) is 11.1 Å². The third-order valence-electron chi connectivity index (χ3n) is 6.15. The summed E-state index contributed by atoms with van der Waals surface area (Å²) in [5.74, 6) is -5.36. The van der Waals surface area contributed by atoms with Crippen LogP contribution in [0.4, 0.5) is 5.69 Å². The first-order valence-electron chi connectivity index (χ1n) is 13.2. The number of hydrogen-bond acceptors (Lipinski definition) is 12. The minimum Gasteiger partial charge on any atom is -0.462 e. The zero-order valence-corrected chi connectivity index (χ0v) is 26.8. The van der Waals surface area contributed by atoms with E-state index in [2.05, 4.69) is 0 Å². The average Bonchev–Trinajstić information content (AvgIpc) is 3.51. The quantitative estimate of drug-likeness (QED) is 0.205. The Kier molecular flexibility index (Phi) is 9.72. The number of benzene rings is 1. The number of halogens is 1. The summed E-state index contributed by atoms with van der Waals surface area (Å²) in [4.78, 5) is 80.5. The van der Waals surface area contributed by atoms with E-state index in [4.69, 9.17) is 30.5 Å². The molecular weight excluding hydrogens is 634 g/mol. The number of anilines is 1. The van der Waals surface area contributed by atoms with E-state index in [1.54, 1.807) is 27.7 Å². The van der Waals surface area contributed by atoms with E-state index in [0.717, 1.165) is 41.4 Å². The summed E-state index contributed by atoms with van der Waals surface area (Å²) in [6, 6.07) is 5.91. The minimum absolute atomic E-state index is 0.0110. The van der Waals surface area contributed by atoms with Gasteiger partial charge in [0.15, 0.2) is 11.5 Å². The number of nitrogens with zero attached hydrogens (tertiary/aromatic N) is 1. The number of amides is 2. The summed E-state index contributed by atoms with van der Waals surface area (Å²) in [5, 5.41) is 0.358. The van der Waals surface area contributed by atoms with Crippen LogP contribution in [0.5, 0.6) is 11.5 Å². The van der Waals surface area contributed by atoms with Crippen LogP contribution in [0, 0.1) is 13.8 Å². The Morgan fingerprint density at radius 1 is 0.727 bits per heavy atom. The van der Waals surface area contributed by atoms with Gasteiger partial charge in [0.1, 0.15) is 11.1 Å². The van der Waals surface area contributed by atoms with Crippen LogP contribution in [0.1, 0.15) is 67.9 Å². The lowest BCUT2D eigenvalue weighted by Crippen LogP contribution is -2.31. The van der Waals surface area contributed by atoms with Crippen LogP contribution >= 0.6 is 34.3 Å². The van der Waals surface area contributed by atoms with Crippen molar-refractivity contribution in [1.82, 2.24) is 0 Å². The van der Waals surface area contributed by atoms with Gasteiger partial charge < -0.3 is 18.9 Å². The van der Waals surface area contributed by atoms with Crippen LogP contribution in [-0.2, 0) is 28.7 Å². The Morgan fingerprint density at radius 3 is 1.45 bits per heavy atom. The molecule has 14 heteroatoms. The number of esters is 4. The molecule has 2 amide bonds. The van der Waals surface area contributed by atoms with E-state index in [-0.39, 0.29) is 62.4 Å². The van der Waals surface area contributed by atoms with E-state index in [0.29, 0.717) is 14.8 Å². The van der Waals surface area contributed by atoms with Crippen molar-refractivity contribution in [3.05, 3.63) is 59.9 Å². The fourth-order valence-electron chi connectivity index (χ4n) is 4.51. The minimum atomic E-state index is -0.824. The Balaban J connectivity index is 2.11. The third kappa shape index (κ3) is 6.03. The van der Waals surface area contributed by atoms with Gasteiger partial charge in [-0.25, -0.2) is 14.5 Å². The molecule has 3 aromatic rings. The molecule has 0 radical (unpaired) electrons. The second-order valence-corrected chi connectivity index (χ2v) is 12.1. The molecule has 0 spiro atoms. The number of ether oxygens (including phenoxy) is 4. The first kappa shape index (κ1) is 32.6. The molecule has 0 unspecified atom stereocenters. The Bertz CT molecular complexity index is 1650. The maximum atomic E-state index is 14.3. The van der Waals surface area contributed by atoms with E-state index in [1.165, 1.54) is 24.3 Å². The molecule has 11 nitrogen and oxygen atoms in total. The fourth-order valence-corrected chi connectivity index (χ4v) is 6.86. The van der Waals surface area contributed by atoms with Crippen LogP contribution in [0.15, 0.2) is 24.3 Å². The maximum Gasteiger partial charge on any atom is 0.343 e. The lowest BCUT2D eigenvalue weighted by atomic mass is 10.0. The van der Waals surface area contributed by atoms with Gasteiger partial charge in [-0.15, -0.1) is 22.7 Å². The number of imide groups is 1. The lowest BCUT2D eigenvalue weighted by molar-refractivity contribution is -0.132. The van der Waals surface area contributed by atoms with E-state index in [9.17, 15) is 28.8 Å². The maximum absolute atomic E-state index is 14.3. The highest BCUT2D eigenvalue weighted by Gasteiger charge is 2.46. The van der Waals surface area contributed by atoms with E-state index < -0.39 is 35.7 Å². The van der Waals surface area contributed by atoms with Gasteiger partial charge in [-0.1, -0.05) is 11.6 Å². The molecule has 0 bridgehead atoms. The van der Waals surface area contributed by atoms with Crippen molar-refractivity contribution in [3.63, 3.8) is 0 Å². The molecular formula is C30H26ClNO10S2. The SMILES string of the molecule is CCOC(=O)c1c(C)sc(C2=C(c3sc(C)c(C(=O)OCC)c3OC(C)=O)C(=O)N(c3ccc(Cl)cc3)C2=O)c1OC(C)=O. The second kappa shape index (κ2) is 13.1. The topological polar surface area (TPSA) is 143 Å². The molecule has 0 atom stereocenters. The summed E-state index contributed by atoms with van der Waals surface area (Å²) in [5.41, 5.74) is -0.495. The highest BCUT2D eigenvalue weighted by Crippen LogP contribution is 2.51. The van der Waals surface area contributed by atoms with Gasteiger partial charge in [0.2, 0.25) is 0 Å². The monoisotopic (exact) mass is 659 g/mol. The molecule has 0 saturated heterocycles. The molecule has 230 valence electrons. The van der Waals surface area contributed by atoms with Crippen molar-refractivity contribution >= 4 is 86.8 Å². The number of hydrogen-bond donors (Lipinski definition) is 0. The summed E-state index contributed by atoms with van der Waals surface area (Å²) < 4.78 is 21.3. The molecule has 1 aromatic carbocycles. The predicted molar refractivity (Wildman–Crippen MR) is 163 cm³/mol. The van der Waals surface area contributed by atoms with Crippen LogP contribution in [0.2, 0.25) is 5.02 Å². The van der Waals surface area contributed by atoms with Gasteiger partial charge in [0.25, 0.3) is 11.8 Å². The number of aryl methyl sites for hydroxylation is 2. The van der Waals surface area contributed by atoms with Crippen molar-refractivity contribution < 1.29 is 47.7 Å². The molecule has 0 aliphatic carbocycles. The van der Waals surface area contributed by atoms with E-state index >= 15 is 0 Å². The fraction of sp³-hybridized carbons (Fsp3) is 0.267. The molecule has 4 rings (SSSR count). The summed E-state index contributed by atoms with van der Waals surface area (Å²) in [6.45, 7) is 8.64.